The van der Waals surface area contributed by atoms with Gasteiger partial charge >= 0.3 is 0 Å². The summed E-state index contributed by atoms with van der Waals surface area (Å²) in [6.07, 6.45) is 2.30. The van der Waals surface area contributed by atoms with Gasteiger partial charge in [0.2, 0.25) is 0 Å². The third kappa shape index (κ3) is 5.45. The summed E-state index contributed by atoms with van der Waals surface area (Å²) < 4.78 is 23.2. The number of carbonyl (C=O) groups is 1. The minimum absolute atomic E-state index is 0.0151. The van der Waals surface area contributed by atoms with E-state index in [9.17, 15) is 13.2 Å². The van der Waals surface area contributed by atoms with Gasteiger partial charge in [0, 0.05) is 12.0 Å². The molecule has 0 aliphatic rings. The number of unbranched alkanes of at least 4 members (excludes halogenated alkanes) is 1. The van der Waals surface area contributed by atoms with Crippen molar-refractivity contribution >= 4 is 15.6 Å². The number of sulfone groups is 1. The van der Waals surface area contributed by atoms with Crippen LogP contribution in [-0.4, -0.2) is 25.7 Å². The number of hydrogen-bond donors (Lipinski definition) is 0. The largest absolute Gasteiger partial charge is 0.294 e. The first kappa shape index (κ1) is 14.9. The highest BCUT2D eigenvalue weighted by Crippen LogP contribution is 2.07. The molecule has 0 fully saturated rings. The van der Waals surface area contributed by atoms with Gasteiger partial charge in [0.05, 0.1) is 11.5 Å². The molecule has 18 heavy (non-hydrogen) atoms. The molecule has 0 heterocycles. The lowest BCUT2D eigenvalue weighted by Gasteiger charge is -2.03. The number of rotatable bonds is 8. The molecule has 1 rings (SSSR count). The maximum atomic E-state index is 11.7. The van der Waals surface area contributed by atoms with E-state index in [4.69, 9.17) is 0 Å². The molecule has 0 saturated heterocycles. The molecule has 0 aliphatic heterocycles. The van der Waals surface area contributed by atoms with Crippen LogP contribution in [0, 0.1) is 0 Å². The molecule has 0 aliphatic carbocycles. The number of benzene rings is 1. The average molecular weight is 268 g/mol. The molecule has 0 N–H and O–H groups in total. The molecule has 0 unspecified atom stereocenters. The molecule has 0 amide bonds. The van der Waals surface area contributed by atoms with Gasteiger partial charge in [0.15, 0.2) is 5.78 Å². The number of carbonyl (C=O) groups excluding carboxylic acids is 1. The van der Waals surface area contributed by atoms with E-state index in [0.29, 0.717) is 24.8 Å². The van der Waals surface area contributed by atoms with Crippen LogP contribution in [0.1, 0.15) is 43.0 Å². The standard InChI is InChI=1S/C14H20O3S/c1-2-3-11-18(16,17)12-7-10-14(15)13-8-5-4-6-9-13/h4-6,8-9H,2-3,7,10-12H2,1H3. The van der Waals surface area contributed by atoms with Crippen molar-refractivity contribution in [2.45, 2.75) is 32.6 Å². The Morgan fingerprint density at radius 3 is 2.28 bits per heavy atom. The lowest BCUT2D eigenvalue weighted by molar-refractivity contribution is 0.0982. The van der Waals surface area contributed by atoms with Gasteiger partial charge in [-0.05, 0) is 12.8 Å². The van der Waals surface area contributed by atoms with Crippen molar-refractivity contribution in [2.75, 3.05) is 11.5 Å². The van der Waals surface area contributed by atoms with Gasteiger partial charge in [-0.1, -0.05) is 43.7 Å². The van der Waals surface area contributed by atoms with Crippen molar-refractivity contribution in [1.29, 1.82) is 0 Å². The summed E-state index contributed by atoms with van der Waals surface area (Å²) in [5, 5.41) is 0. The van der Waals surface area contributed by atoms with Gasteiger partial charge in [-0.15, -0.1) is 0 Å². The molecular formula is C14H20O3S. The Morgan fingerprint density at radius 1 is 1.06 bits per heavy atom. The molecular weight excluding hydrogens is 248 g/mol. The highest BCUT2D eigenvalue weighted by Gasteiger charge is 2.11. The van der Waals surface area contributed by atoms with Crippen molar-refractivity contribution in [3.63, 3.8) is 0 Å². The van der Waals surface area contributed by atoms with Crippen molar-refractivity contribution in [1.82, 2.24) is 0 Å². The van der Waals surface area contributed by atoms with Crippen LogP contribution in [0.3, 0.4) is 0 Å². The molecule has 100 valence electrons. The van der Waals surface area contributed by atoms with Crippen LogP contribution >= 0.6 is 0 Å². The number of ketones is 1. The zero-order chi connectivity index (χ0) is 13.4. The summed E-state index contributed by atoms with van der Waals surface area (Å²) in [5.41, 5.74) is 0.656. The number of hydrogen-bond acceptors (Lipinski definition) is 3. The fourth-order valence-corrected chi connectivity index (χ4v) is 3.20. The summed E-state index contributed by atoms with van der Waals surface area (Å²) >= 11 is 0. The highest BCUT2D eigenvalue weighted by molar-refractivity contribution is 7.91. The monoisotopic (exact) mass is 268 g/mol. The fourth-order valence-electron chi connectivity index (χ4n) is 1.69. The van der Waals surface area contributed by atoms with Gasteiger partial charge in [-0.25, -0.2) is 8.42 Å². The first-order chi connectivity index (χ1) is 8.55. The van der Waals surface area contributed by atoms with E-state index in [0.717, 1.165) is 6.42 Å². The van der Waals surface area contributed by atoms with Crippen molar-refractivity contribution < 1.29 is 13.2 Å². The summed E-state index contributed by atoms with van der Waals surface area (Å²) in [4.78, 5) is 11.7. The number of Topliss-reactive ketones (excluding diaryl/α,β-unsaturated/α-hetero) is 1. The fraction of sp³-hybridized carbons (Fsp3) is 0.500. The van der Waals surface area contributed by atoms with Gasteiger partial charge < -0.3 is 0 Å². The molecule has 0 bridgehead atoms. The van der Waals surface area contributed by atoms with Crippen LogP contribution < -0.4 is 0 Å². The molecule has 1 aromatic carbocycles. The molecule has 0 aromatic heterocycles. The molecule has 4 heteroatoms. The van der Waals surface area contributed by atoms with Gasteiger partial charge in [-0.2, -0.15) is 0 Å². The predicted octanol–water partition coefficient (Wildman–Crippen LogP) is 2.86. The van der Waals surface area contributed by atoms with E-state index in [-0.39, 0.29) is 17.3 Å². The lowest BCUT2D eigenvalue weighted by atomic mass is 10.1. The summed E-state index contributed by atoms with van der Waals surface area (Å²) in [7, 11) is -2.97. The second-order valence-corrected chi connectivity index (χ2v) is 6.70. The zero-order valence-corrected chi connectivity index (χ0v) is 11.6. The molecule has 1 aromatic rings. The van der Waals surface area contributed by atoms with Crippen LogP contribution in [0.25, 0.3) is 0 Å². The van der Waals surface area contributed by atoms with Crippen LogP contribution in [0.5, 0.6) is 0 Å². The quantitative estimate of drug-likeness (QED) is 0.681. The zero-order valence-electron chi connectivity index (χ0n) is 10.8. The van der Waals surface area contributed by atoms with Crippen molar-refractivity contribution in [3.8, 4) is 0 Å². The molecule has 0 atom stereocenters. The molecule has 3 nitrogen and oxygen atoms in total. The van der Waals surface area contributed by atoms with Crippen LogP contribution in [0.2, 0.25) is 0 Å². The molecule has 0 radical (unpaired) electrons. The summed E-state index contributed by atoms with van der Waals surface area (Å²) in [5.74, 6) is 0.371. The Kier molecular flexibility index (Phi) is 6.05. The first-order valence-electron chi connectivity index (χ1n) is 6.34. The smallest absolute Gasteiger partial charge is 0.162 e. The topological polar surface area (TPSA) is 51.2 Å². The normalized spacial score (nSPS) is 11.4. The van der Waals surface area contributed by atoms with Gasteiger partial charge in [-0.3, -0.25) is 4.79 Å². The maximum Gasteiger partial charge on any atom is 0.162 e. The molecule has 0 spiro atoms. The Balaban J connectivity index is 2.36. The van der Waals surface area contributed by atoms with E-state index in [1.54, 1.807) is 12.1 Å². The summed E-state index contributed by atoms with van der Waals surface area (Å²) in [6.45, 7) is 1.97. The average Bonchev–Trinajstić information content (AvgIpc) is 2.37. The minimum atomic E-state index is -2.97. The van der Waals surface area contributed by atoms with Gasteiger partial charge in [0.25, 0.3) is 0 Å². The van der Waals surface area contributed by atoms with Crippen molar-refractivity contribution in [2.24, 2.45) is 0 Å². The van der Waals surface area contributed by atoms with E-state index in [2.05, 4.69) is 0 Å². The van der Waals surface area contributed by atoms with Crippen LogP contribution in [-0.2, 0) is 9.84 Å². The lowest BCUT2D eigenvalue weighted by Crippen LogP contribution is -2.12. The predicted molar refractivity (Wildman–Crippen MR) is 73.6 cm³/mol. The van der Waals surface area contributed by atoms with Crippen molar-refractivity contribution in [3.05, 3.63) is 35.9 Å². The maximum absolute atomic E-state index is 11.7. The summed E-state index contributed by atoms with van der Waals surface area (Å²) in [6, 6.07) is 8.99. The second-order valence-electron chi connectivity index (χ2n) is 4.40. The highest BCUT2D eigenvalue weighted by atomic mass is 32.2. The Bertz CT molecular complexity index is 463. The van der Waals surface area contributed by atoms with Crippen LogP contribution in [0.15, 0.2) is 30.3 Å². The van der Waals surface area contributed by atoms with Gasteiger partial charge in [0.1, 0.15) is 9.84 Å². The SMILES string of the molecule is CCCCS(=O)(=O)CCCC(=O)c1ccccc1. The first-order valence-corrected chi connectivity index (χ1v) is 8.16. The molecule has 0 saturated carbocycles. The Hall–Kier alpha value is -1.16. The minimum Gasteiger partial charge on any atom is -0.294 e. The van der Waals surface area contributed by atoms with E-state index in [1.165, 1.54) is 0 Å². The second kappa shape index (κ2) is 7.31. The van der Waals surface area contributed by atoms with E-state index in [1.807, 2.05) is 25.1 Å². The van der Waals surface area contributed by atoms with E-state index < -0.39 is 9.84 Å². The van der Waals surface area contributed by atoms with Crippen LogP contribution in [0.4, 0.5) is 0 Å². The Morgan fingerprint density at radius 2 is 1.67 bits per heavy atom. The van der Waals surface area contributed by atoms with E-state index >= 15 is 0 Å². The Labute approximate surface area is 109 Å². The third-order valence-corrected chi connectivity index (χ3v) is 4.59. The third-order valence-electron chi connectivity index (χ3n) is 2.76.